The number of aliphatic carboxylic acids is 1. The fourth-order valence-corrected chi connectivity index (χ4v) is 2.32. The van der Waals surface area contributed by atoms with Gasteiger partial charge in [-0.1, -0.05) is 12.1 Å². The summed E-state index contributed by atoms with van der Waals surface area (Å²) in [5, 5.41) is 11.5. The summed E-state index contributed by atoms with van der Waals surface area (Å²) in [6.45, 7) is -0.0218. The summed E-state index contributed by atoms with van der Waals surface area (Å²) in [5.41, 5.74) is 1.07. The van der Waals surface area contributed by atoms with Crippen molar-refractivity contribution in [1.29, 1.82) is 0 Å². The SMILES string of the molecule is COc1cccc(C2CC2C(=O)NCC(OC)C(=O)O)c1. The van der Waals surface area contributed by atoms with Crippen LogP contribution in [-0.4, -0.2) is 43.9 Å². The lowest BCUT2D eigenvalue weighted by molar-refractivity contribution is -0.148. The lowest BCUT2D eigenvalue weighted by atomic mass is 10.1. The number of carbonyl (C=O) groups is 2. The van der Waals surface area contributed by atoms with Crippen LogP contribution in [0.25, 0.3) is 0 Å². The van der Waals surface area contributed by atoms with E-state index in [1.165, 1.54) is 7.11 Å². The summed E-state index contributed by atoms with van der Waals surface area (Å²) >= 11 is 0. The number of carbonyl (C=O) groups excluding carboxylic acids is 1. The molecule has 0 bridgehead atoms. The number of carboxylic acid groups (broad SMARTS) is 1. The van der Waals surface area contributed by atoms with Crippen LogP contribution in [0.15, 0.2) is 24.3 Å². The maximum atomic E-state index is 12.0. The van der Waals surface area contributed by atoms with Gasteiger partial charge in [0.2, 0.25) is 5.91 Å². The minimum atomic E-state index is -1.09. The van der Waals surface area contributed by atoms with Crippen molar-refractivity contribution in [3.63, 3.8) is 0 Å². The number of ether oxygens (including phenoxy) is 2. The molecular weight excluding hydrogens is 274 g/mol. The monoisotopic (exact) mass is 293 g/mol. The molecule has 3 unspecified atom stereocenters. The van der Waals surface area contributed by atoms with Crippen molar-refractivity contribution < 1.29 is 24.2 Å². The van der Waals surface area contributed by atoms with Gasteiger partial charge >= 0.3 is 5.97 Å². The van der Waals surface area contributed by atoms with E-state index in [1.807, 2.05) is 24.3 Å². The van der Waals surface area contributed by atoms with E-state index in [0.29, 0.717) is 0 Å². The zero-order valence-electron chi connectivity index (χ0n) is 12.0. The quantitative estimate of drug-likeness (QED) is 0.784. The summed E-state index contributed by atoms with van der Waals surface area (Å²) in [4.78, 5) is 22.8. The molecule has 114 valence electrons. The van der Waals surface area contributed by atoms with Crippen molar-refractivity contribution in [3.8, 4) is 5.75 Å². The summed E-state index contributed by atoms with van der Waals surface area (Å²) in [6, 6.07) is 7.65. The molecule has 1 amide bonds. The average Bonchev–Trinajstić information content (AvgIpc) is 3.28. The number of nitrogens with one attached hydrogen (secondary N) is 1. The molecule has 3 atom stereocenters. The lowest BCUT2D eigenvalue weighted by Gasteiger charge is -2.11. The molecule has 1 aromatic rings. The summed E-state index contributed by atoms with van der Waals surface area (Å²) < 4.78 is 9.94. The molecular formula is C15H19NO5. The van der Waals surface area contributed by atoms with Crippen LogP contribution in [0, 0.1) is 5.92 Å². The van der Waals surface area contributed by atoms with E-state index >= 15 is 0 Å². The van der Waals surface area contributed by atoms with Gasteiger partial charge in [-0.3, -0.25) is 4.79 Å². The first-order chi connectivity index (χ1) is 10.1. The molecule has 0 radical (unpaired) electrons. The molecule has 0 aromatic heterocycles. The highest BCUT2D eigenvalue weighted by Crippen LogP contribution is 2.48. The second-order valence-corrected chi connectivity index (χ2v) is 5.03. The van der Waals surface area contributed by atoms with Crippen LogP contribution in [-0.2, 0) is 14.3 Å². The van der Waals surface area contributed by atoms with Crippen LogP contribution in [0.4, 0.5) is 0 Å². The third kappa shape index (κ3) is 3.72. The largest absolute Gasteiger partial charge is 0.497 e. The molecule has 1 aliphatic carbocycles. The first-order valence-electron chi connectivity index (χ1n) is 6.74. The highest BCUT2D eigenvalue weighted by molar-refractivity contribution is 5.83. The maximum absolute atomic E-state index is 12.0. The average molecular weight is 293 g/mol. The number of carboxylic acids is 1. The molecule has 0 spiro atoms. The van der Waals surface area contributed by atoms with Crippen molar-refractivity contribution in [1.82, 2.24) is 5.32 Å². The molecule has 1 saturated carbocycles. The van der Waals surface area contributed by atoms with Crippen molar-refractivity contribution >= 4 is 11.9 Å². The van der Waals surface area contributed by atoms with Crippen molar-refractivity contribution in [2.75, 3.05) is 20.8 Å². The smallest absolute Gasteiger partial charge is 0.334 e. The first kappa shape index (κ1) is 15.3. The molecule has 2 rings (SSSR count). The Morgan fingerprint density at radius 2 is 2.19 bits per heavy atom. The predicted octanol–water partition coefficient (Wildman–Crippen LogP) is 1.01. The third-order valence-electron chi connectivity index (χ3n) is 3.67. The van der Waals surface area contributed by atoms with Crippen LogP contribution in [0.1, 0.15) is 17.9 Å². The van der Waals surface area contributed by atoms with Gasteiger partial charge in [0.05, 0.1) is 13.7 Å². The van der Waals surface area contributed by atoms with E-state index in [9.17, 15) is 9.59 Å². The number of benzene rings is 1. The van der Waals surface area contributed by atoms with Gasteiger partial charge in [-0.05, 0) is 30.0 Å². The number of rotatable bonds is 7. The number of amides is 1. The molecule has 0 saturated heterocycles. The van der Waals surface area contributed by atoms with Gasteiger partial charge in [-0.25, -0.2) is 4.79 Å². The minimum Gasteiger partial charge on any atom is -0.497 e. The fraction of sp³-hybridized carbons (Fsp3) is 0.467. The van der Waals surface area contributed by atoms with Crippen LogP contribution >= 0.6 is 0 Å². The van der Waals surface area contributed by atoms with E-state index < -0.39 is 12.1 Å². The fourth-order valence-electron chi connectivity index (χ4n) is 2.32. The molecule has 6 nitrogen and oxygen atoms in total. The number of methoxy groups -OCH3 is 2. The minimum absolute atomic E-state index is 0.0218. The van der Waals surface area contributed by atoms with Gasteiger partial charge in [0.1, 0.15) is 5.75 Å². The summed E-state index contributed by atoms with van der Waals surface area (Å²) in [7, 11) is 2.91. The predicted molar refractivity (Wildman–Crippen MR) is 75.3 cm³/mol. The van der Waals surface area contributed by atoms with Gasteiger partial charge in [-0.2, -0.15) is 0 Å². The van der Waals surface area contributed by atoms with Crippen LogP contribution in [0.2, 0.25) is 0 Å². The molecule has 0 heterocycles. The molecule has 21 heavy (non-hydrogen) atoms. The van der Waals surface area contributed by atoms with Gasteiger partial charge in [0.15, 0.2) is 6.10 Å². The van der Waals surface area contributed by atoms with E-state index in [1.54, 1.807) is 7.11 Å². The highest BCUT2D eigenvalue weighted by Gasteiger charge is 2.44. The van der Waals surface area contributed by atoms with E-state index in [-0.39, 0.29) is 24.3 Å². The zero-order chi connectivity index (χ0) is 15.4. The Hall–Kier alpha value is -2.08. The highest BCUT2D eigenvalue weighted by atomic mass is 16.5. The zero-order valence-corrected chi connectivity index (χ0v) is 12.0. The Bertz CT molecular complexity index is 531. The molecule has 1 fully saturated rings. The molecule has 1 aliphatic rings. The second-order valence-electron chi connectivity index (χ2n) is 5.03. The summed E-state index contributed by atoms with van der Waals surface area (Å²) in [6.07, 6.45) is -0.244. The topological polar surface area (TPSA) is 84.9 Å². The van der Waals surface area contributed by atoms with Crippen molar-refractivity contribution in [2.24, 2.45) is 5.92 Å². The Labute approximate surface area is 123 Å². The van der Waals surface area contributed by atoms with Crippen LogP contribution < -0.4 is 10.1 Å². The van der Waals surface area contributed by atoms with Gasteiger partial charge in [0, 0.05) is 13.0 Å². The van der Waals surface area contributed by atoms with Crippen molar-refractivity contribution in [3.05, 3.63) is 29.8 Å². The molecule has 0 aliphatic heterocycles. The van der Waals surface area contributed by atoms with Gasteiger partial charge in [0.25, 0.3) is 0 Å². The van der Waals surface area contributed by atoms with E-state index in [2.05, 4.69) is 5.32 Å². The molecule has 2 N–H and O–H groups in total. The lowest BCUT2D eigenvalue weighted by Crippen LogP contribution is -2.38. The van der Waals surface area contributed by atoms with Crippen molar-refractivity contribution in [2.45, 2.75) is 18.4 Å². The number of hydrogen-bond acceptors (Lipinski definition) is 4. The van der Waals surface area contributed by atoms with Crippen LogP contribution in [0.3, 0.4) is 0 Å². The van der Waals surface area contributed by atoms with Gasteiger partial charge in [-0.15, -0.1) is 0 Å². The Morgan fingerprint density at radius 1 is 1.43 bits per heavy atom. The van der Waals surface area contributed by atoms with E-state index in [0.717, 1.165) is 17.7 Å². The van der Waals surface area contributed by atoms with Gasteiger partial charge < -0.3 is 19.9 Å². The maximum Gasteiger partial charge on any atom is 0.334 e. The van der Waals surface area contributed by atoms with E-state index in [4.69, 9.17) is 14.6 Å². The molecule has 6 heteroatoms. The second kappa shape index (κ2) is 6.58. The Kier molecular flexibility index (Phi) is 4.80. The first-order valence-corrected chi connectivity index (χ1v) is 6.74. The molecule has 1 aromatic carbocycles. The summed E-state index contributed by atoms with van der Waals surface area (Å²) in [5.74, 6) is -0.387. The standard InChI is InChI=1S/C15H19NO5/c1-20-10-5-3-4-9(6-10)11-7-12(11)14(17)16-8-13(21-2)15(18)19/h3-6,11-13H,7-8H2,1-2H3,(H,16,17)(H,18,19). The third-order valence-corrected chi connectivity index (χ3v) is 3.67. The number of hydrogen-bond donors (Lipinski definition) is 2. The normalized spacial score (nSPS) is 21.4. The Balaban J connectivity index is 1.87. The Morgan fingerprint density at radius 3 is 2.81 bits per heavy atom. The van der Waals surface area contributed by atoms with Crippen LogP contribution in [0.5, 0.6) is 5.75 Å².